The van der Waals surface area contributed by atoms with E-state index < -0.39 is 10.4 Å². The number of unbranched alkanes of at least 4 members (excludes halogenated alkanes) is 12. The smallest absolute Gasteiger partial charge is 0.195 e. The van der Waals surface area contributed by atoms with Crippen LogP contribution in [0.3, 0.4) is 0 Å². The number of para-hydroxylation sites is 2. The summed E-state index contributed by atoms with van der Waals surface area (Å²) < 4.78 is 34.1. The number of allylic oxidation sites excluding steroid dienone is 4. The number of nitrogens with zero attached hydrogens (tertiary/aromatic N) is 2. The van der Waals surface area contributed by atoms with E-state index in [9.17, 15) is 0 Å². The fourth-order valence-electron chi connectivity index (χ4n) is 6.08. The molecule has 2 aliphatic rings. The topological polar surface area (TPSA) is 117 Å². The molecule has 0 aromatic heterocycles. The normalized spacial score (nSPS) is 20.1. The molecule has 0 amide bonds. The molecular formula is C40H64N2O8S. The van der Waals surface area contributed by atoms with E-state index in [1.165, 1.54) is 101 Å². The van der Waals surface area contributed by atoms with Gasteiger partial charge in [0.25, 0.3) is 0 Å². The van der Waals surface area contributed by atoms with Gasteiger partial charge in [0, 0.05) is 32.9 Å². The average molecular weight is 733 g/mol. The highest BCUT2D eigenvalue weighted by Gasteiger charge is 2.47. The predicted molar refractivity (Wildman–Crippen MR) is 200 cm³/mol. The Bertz CT molecular complexity index is 1250. The van der Waals surface area contributed by atoms with E-state index in [-0.39, 0.29) is 9.62 Å². The molecule has 288 valence electrons. The van der Waals surface area contributed by atoms with Crippen molar-refractivity contribution in [2.24, 2.45) is 0 Å². The summed E-state index contributed by atoms with van der Waals surface area (Å²) in [4.78, 5) is 24.4. The molecule has 10 nitrogen and oxygen atoms in total. The summed E-state index contributed by atoms with van der Waals surface area (Å²) in [6.07, 6.45) is 25.0. The Kier molecular flexibility index (Phi) is 22.0. The standard InChI is InChI=1S/2C20H32NO2.H2O4S/c2*1-3-5-6-7-8-9-11-14-19(4-2)21(17-18-22-21)23-20-15-12-10-13-16-20;1-5(2,3)4/h2*4,10,12-13,15-16H,3,5-9,11,14,17-18H2,1-2H3;(H2,1,2,3,4)/q2*+1;/p-2. The van der Waals surface area contributed by atoms with Crippen LogP contribution in [-0.4, -0.2) is 53.4 Å². The van der Waals surface area contributed by atoms with Crippen molar-refractivity contribution in [1.29, 1.82) is 0 Å². The molecule has 2 fully saturated rings. The van der Waals surface area contributed by atoms with Crippen LogP contribution in [0.15, 0.2) is 84.2 Å². The van der Waals surface area contributed by atoms with E-state index in [4.69, 9.17) is 36.9 Å². The van der Waals surface area contributed by atoms with Gasteiger partial charge >= 0.3 is 0 Å². The van der Waals surface area contributed by atoms with Gasteiger partial charge in [0.15, 0.2) is 49.2 Å². The minimum absolute atomic E-state index is 0.232. The fourth-order valence-corrected chi connectivity index (χ4v) is 6.08. The maximum absolute atomic E-state index is 8.52. The summed E-state index contributed by atoms with van der Waals surface area (Å²) in [6, 6.07) is 20.0. The highest BCUT2D eigenvalue weighted by atomic mass is 32.3. The van der Waals surface area contributed by atoms with Crippen LogP contribution >= 0.6 is 0 Å². The van der Waals surface area contributed by atoms with Gasteiger partial charge in [-0.15, -0.1) is 9.68 Å². The lowest BCUT2D eigenvalue weighted by Crippen LogP contribution is -2.60. The number of rotatable bonds is 22. The second kappa shape index (κ2) is 25.2. The summed E-state index contributed by atoms with van der Waals surface area (Å²) in [5.74, 6) is 1.73. The third-order valence-corrected chi connectivity index (χ3v) is 8.98. The van der Waals surface area contributed by atoms with E-state index >= 15 is 0 Å². The first-order valence-electron chi connectivity index (χ1n) is 19.1. The zero-order valence-corrected chi connectivity index (χ0v) is 32.5. The summed E-state index contributed by atoms with van der Waals surface area (Å²) in [7, 11) is -5.17. The predicted octanol–water partition coefficient (Wildman–Crippen LogP) is 10.2. The van der Waals surface area contributed by atoms with Crippen molar-refractivity contribution in [3.05, 3.63) is 84.2 Å². The molecule has 51 heavy (non-hydrogen) atoms. The first-order valence-corrected chi connectivity index (χ1v) is 20.5. The monoisotopic (exact) mass is 732 g/mol. The number of benzene rings is 2. The van der Waals surface area contributed by atoms with Crippen LogP contribution in [0.2, 0.25) is 0 Å². The van der Waals surface area contributed by atoms with Gasteiger partial charge in [-0.1, -0.05) is 127 Å². The van der Waals surface area contributed by atoms with E-state index in [2.05, 4.69) is 39.8 Å². The number of hydrogen-bond acceptors (Lipinski definition) is 8. The first-order chi connectivity index (χ1) is 24.6. The molecule has 11 heteroatoms. The Morgan fingerprint density at radius 1 is 0.608 bits per heavy atom. The Hall–Kier alpha value is -2.77. The molecule has 2 heterocycles. The van der Waals surface area contributed by atoms with E-state index in [0.717, 1.165) is 50.6 Å². The zero-order valence-electron chi connectivity index (χ0n) is 31.6. The van der Waals surface area contributed by atoms with Gasteiger partial charge in [-0.05, 0) is 63.1 Å². The third kappa shape index (κ3) is 18.0. The minimum atomic E-state index is -5.17. The van der Waals surface area contributed by atoms with Crippen LogP contribution in [0, 0.1) is 0 Å². The highest BCUT2D eigenvalue weighted by Crippen LogP contribution is 2.33. The summed E-state index contributed by atoms with van der Waals surface area (Å²) in [5, 5.41) is 0. The minimum Gasteiger partial charge on any atom is -0.759 e. The molecule has 2 saturated heterocycles. The second-order valence-corrected chi connectivity index (χ2v) is 13.8. The van der Waals surface area contributed by atoms with Crippen LogP contribution in [0.25, 0.3) is 0 Å². The van der Waals surface area contributed by atoms with Crippen LogP contribution in [0.4, 0.5) is 0 Å². The van der Waals surface area contributed by atoms with Crippen molar-refractivity contribution in [1.82, 2.24) is 0 Å². The van der Waals surface area contributed by atoms with Gasteiger partial charge in [0.1, 0.15) is 0 Å². The molecule has 0 radical (unpaired) electrons. The van der Waals surface area contributed by atoms with Gasteiger partial charge in [-0.25, -0.2) is 0 Å². The maximum atomic E-state index is 8.52. The lowest BCUT2D eigenvalue weighted by atomic mass is 10.1. The largest absolute Gasteiger partial charge is 0.759 e. The van der Waals surface area contributed by atoms with Crippen molar-refractivity contribution in [3.8, 4) is 11.5 Å². The summed E-state index contributed by atoms with van der Waals surface area (Å²) >= 11 is 0. The molecule has 2 unspecified atom stereocenters. The Morgan fingerprint density at radius 3 is 1.16 bits per heavy atom. The molecular weight excluding hydrogens is 669 g/mol. The first kappa shape index (κ1) is 44.4. The number of hydroxylamine groups is 8. The summed E-state index contributed by atoms with van der Waals surface area (Å²) in [5.41, 5.74) is 2.49. The van der Waals surface area contributed by atoms with Crippen molar-refractivity contribution >= 4 is 10.4 Å². The van der Waals surface area contributed by atoms with Gasteiger partial charge in [0.05, 0.1) is 0 Å². The molecule has 2 atom stereocenters. The Balaban J connectivity index is 0.000000312. The van der Waals surface area contributed by atoms with Crippen LogP contribution in [0.1, 0.15) is 130 Å². The van der Waals surface area contributed by atoms with Gasteiger partial charge in [-0.2, -0.15) is 0 Å². The molecule has 2 aromatic carbocycles. The van der Waals surface area contributed by atoms with E-state index in [1.807, 2.05) is 60.7 Å². The number of quaternary nitrogens is 2. The van der Waals surface area contributed by atoms with Gasteiger partial charge < -0.3 is 9.11 Å². The quantitative estimate of drug-likeness (QED) is 0.0508. The molecule has 0 spiro atoms. The lowest BCUT2D eigenvalue weighted by molar-refractivity contribution is -1.24. The van der Waals surface area contributed by atoms with Crippen LogP contribution < -0.4 is 9.68 Å². The summed E-state index contributed by atoms with van der Waals surface area (Å²) in [6.45, 7) is 12.0. The highest BCUT2D eigenvalue weighted by molar-refractivity contribution is 7.79. The molecule has 0 aliphatic carbocycles. The van der Waals surface area contributed by atoms with Crippen molar-refractivity contribution in [3.63, 3.8) is 0 Å². The van der Waals surface area contributed by atoms with Crippen molar-refractivity contribution < 1.29 is 46.5 Å². The van der Waals surface area contributed by atoms with Crippen molar-refractivity contribution in [2.45, 2.75) is 130 Å². The molecule has 0 saturated carbocycles. The van der Waals surface area contributed by atoms with E-state index in [1.54, 1.807) is 0 Å². The zero-order chi connectivity index (χ0) is 37.3. The third-order valence-electron chi connectivity index (χ3n) is 8.98. The van der Waals surface area contributed by atoms with E-state index in [0.29, 0.717) is 0 Å². The lowest BCUT2D eigenvalue weighted by Gasteiger charge is -2.39. The Morgan fingerprint density at radius 2 is 0.902 bits per heavy atom. The molecule has 4 rings (SSSR count). The van der Waals surface area contributed by atoms with Crippen molar-refractivity contribution in [2.75, 3.05) is 26.3 Å². The molecule has 0 N–H and O–H groups in total. The molecule has 0 bridgehead atoms. The van der Waals surface area contributed by atoms with Gasteiger partial charge in [-0.3, -0.25) is 18.1 Å². The molecule has 2 aliphatic heterocycles. The maximum Gasteiger partial charge on any atom is 0.195 e. The molecule has 2 aromatic rings. The fraction of sp³-hybridized carbons (Fsp3) is 0.600. The SMILES string of the molecule is CC=C(CCCCCCCCC)[N+]1(Oc2ccccc2)CCO1.CC=C(CCCCCCCCC)[N+]1(Oc2ccccc2)CCO1.O=S(=O)([O-])[O-]. The van der Waals surface area contributed by atoms with Gasteiger partial charge in [0.2, 0.25) is 0 Å². The Labute approximate surface area is 308 Å². The van der Waals surface area contributed by atoms with Crippen LogP contribution in [-0.2, 0) is 20.1 Å². The second-order valence-electron chi connectivity index (χ2n) is 13.0. The average Bonchev–Trinajstić information content (AvgIpc) is 3.08. The number of hydrogen-bond donors (Lipinski definition) is 0. The van der Waals surface area contributed by atoms with Crippen LogP contribution in [0.5, 0.6) is 11.5 Å².